The lowest BCUT2D eigenvalue weighted by Crippen LogP contribution is -2.63. The van der Waals surface area contributed by atoms with Gasteiger partial charge in [-0.3, -0.25) is 9.59 Å². The van der Waals surface area contributed by atoms with E-state index in [4.69, 9.17) is 16.3 Å². The molecule has 1 heterocycles. The van der Waals surface area contributed by atoms with E-state index in [-0.39, 0.29) is 30.1 Å². The van der Waals surface area contributed by atoms with Gasteiger partial charge in [0.25, 0.3) is 5.59 Å². The molecule has 0 unspecified atom stereocenters. The fourth-order valence-corrected chi connectivity index (χ4v) is 6.18. The standard InChI is InChI=1S/C18H21ClF2N2O3Si/c1-17(2,3)26-16(25)27-10-18(9-22,11-27)23(15(24)7-19)8-12-4-5-13(20)14(21)6-12/h4-6,27H,7-8,10-11H2,1-3H3. The molecule has 0 atom stereocenters. The number of carbonyl (C=O) groups excluding carboxylic acids is 2. The zero-order chi connectivity index (χ0) is 20.4. The van der Waals surface area contributed by atoms with Crippen LogP contribution in [0, 0.1) is 23.0 Å². The molecule has 1 saturated heterocycles. The maximum Gasteiger partial charge on any atom is 0.268 e. The second-order valence-corrected chi connectivity index (χ2v) is 10.6. The number of alkyl halides is 1. The molecule has 9 heteroatoms. The Morgan fingerprint density at radius 3 is 2.44 bits per heavy atom. The molecule has 0 aliphatic carbocycles. The molecule has 1 aromatic carbocycles. The maximum atomic E-state index is 13.5. The quantitative estimate of drug-likeness (QED) is 0.545. The Kier molecular flexibility index (Phi) is 6.27. The lowest BCUT2D eigenvalue weighted by atomic mass is 10.0. The smallest absolute Gasteiger partial charge is 0.268 e. The van der Waals surface area contributed by atoms with Gasteiger partial charge in [-0.15, -0.1) is 11.6 Å². The van der Waals surface area contributed by atoms with Crippen molar-refractivity contribution in [3.8, 4) is 6.07 Å². The number of nitriles is 1. The third kappa shape index (κ3) is 4.85. The molecule has 0 aromatic heterocycles. The van der Waals surface area contributed by atoms with Crippen LogP contribution in [0.1, 0.15) is 26.3 Å². The lowest BCUT2D eigenvalue weighted by Gasteiger charge is -2.48. The Bertz CT molecular complexity index is 786. The summed E-state index contributed by atoms with van der Waals surface area (Å²) in [6.45, 7) is 5.21. The first kappa shape index (κ1) is 21.3. The minimum atomic E-state index is -2.03. The predicted molar refractivity (Wildman–Crippen MR) is 99.0 cm³/mol. The molecule has 5 nitrogen and oxygen atoms in total. The van der Waals surface area contributed by atoms with Gasteiger partial charge in [0.2, 0.25) is 5.91 Å². The van der Waals surface area contributed by atoms with Crippen LogP contribution in [0.15, 0.2) is 18.2 Å². The molecule has 146 valence electrons. The second-order valence-electron chi connectivity index (χ2n) is 7.64. The monoisotopic (exact) mass is 414 g/mol. The number of nitrogens with zero attached hydrogens (tertiary/aromatic N) is 2. The minimum Gasteiger partial charge on any atom is -0.465 e. The van der Waals surface area contributed by atoms with Crippen molar-refractivity contribution in [3.63, 3.8) is 0 Å². The van der Waals surface area contributed by atoms with Crippen molar-refractivity contribution >= 4 is 31.9 Å². The summed E-state index contributed by atoms with van der Waals surface area (Å²) in [7, 11) is -2.03. The molecule has 2 rings (SSSR count). The number of carbonyl (C=O) groups is 2. The summed E-state index contributed by atoms with van der Waals surface area (Å²) in [5.41, 5.74) is -1.75. The molecule has 1 aromatic rings. The number of amides is 1. The first-order valence-corrected chi connectivity index (χ1v) is 11.2. The molecular weight excluding hydrogens is 394 g/mol. The Morgan fingerprint density at radius 1 is 1.33 bits per heavy atom. The van der Waals surface area contributed by atoms with Crippen LogP contribution in [0.4, 0.5) is 13.6 Å². The Balaban J connectivity index is 2.20. The van der Waals surface area contributed by atoms with E-state index in [1.54, 1.807) is 20.8 Å². The molecule has 1 amide bonds. The Morgan fingerprint density at radius 2 is 1.96 bits per heavy atom. The molecule has 1 fully saturated rings. The molecule has 0 saturated carbocycles. The van der Waals surface area contributed by atoms with Crippen molar-refractivity contribution in [2.45, 2.75) is 50.5 Å². The SMILES string of the molecule is CC(C)(C)OC(=O)[SiH]1CC(C#N)(N(Cc2ccc(F)c(F)c2)C(=O)CCl)C1. The topological polar surface area (TPSA) is 70.4 Å². The van der Waals surface area contributed by atoms with Crippen LogP contribution in [0.5, 0.6) is 0 Å². The van der Waals surface area contributed by atoms with Crippen LogP contribution in [-0.4, -0.2) is 42.2 Å². The number of halogens is 3. The summed E-state index contributed by atoms with van der Waals surface area (Å²) < 4.78 is 32.0. The molecule has 0 bridgehead atoms. The highest BCUT2D eigenvalue weighted by Crippen LogP contribution is 2.41. The average Bonchev–Trinajstić information content (AvgIpc) is 2.54. The van der Waals surface area contributed by atoms with Gasteiger partial charge in [0, 0.05) is 6.54 Å². The van der Waals surface area contributed by atoms with E-state index in [2.05, 4.69) is 6.07 Å². The zero-order valence-corrected chi connectivity index (χ0v) is 17.3. The van der Waals surface area contributed by atoms with E-state index in [0.717, 1.165) is 12.1 Å². The van der Waals surface area contributed by atoms with Crippen LogP contribution >= 0.6 is 11.6 Å². The number of ether oxygens (including phenoxy) is 1. The van der Waals surface area contributed by atoms with Gasteiger partial charge >= 0.3 is 0 Å². The van der Waals surface area contributed by atoms with Crippen LogP contribution in [0.3, 0.4) is 0 Å². The average molecular weight is 415 g/mol. The Hall–Kier alpha value is -1.98. The van der Waals surface area contributed by atoms with Gasteiger partial charge in [0.05, 0.1) is 6.07 Å². The number of hydrogen-bond donors (Lipinski definition) is 0. The summed E-state index contributed by atoms with van der Waals surface area (Å²) in [6.07, 6.45) is 0. The van der Waals surface area contributed by atoms with Crippen LogP contribution in [-0.2, 0) is 16.1 Å². The van der Waals surface area contributed by atoms with Crippen molar-refractivity contribution in [1.29, 1.82) is 5.26 Å². The van der Waals surface area contributed by atoms with E-state index in [1.807, 2.05) is 0 Å². The number of benzene rings is 1. The van der Waals surface area contributed by atoms with Crippen molar-refractivity contribution in [3.05, 3.63) is 35.4 Å². The fourth-order valence-electron chi connectivity index (χ4n) is 3.05. The van der Waals surface area contributed by atoms with Crippen LogP contribution in [0.25, 0.3) is 0 Å². The van der Waals surface area contributed by atoms with Gasteiger partial charge < -0.3 is 9.64 Å². The largest absolute Gasteiger partial charge is 0.465 e. The van der Waals surface area contributed by atoms with Crippen LogP contribution < -0.4 is 0 Å². The third-order valence-electron chi connectivity index (χ3n) is 4.37. The molecule has 1 aliphatic rings. The molecule has 0 N–H and O–H groups in total. The van der Waals surface area contributed by atoms with Crippen molar-refractivity contribution in [1.82, 2.24) is 4.90 Å². The second kappa shape index (κ2) is 7.95. The van der Waals surface area contributed by atoms with Gasteiger partial charge in [0.1, 0.15) is 17.0 Å². The Labute approximate surface area is 163 Å². The minimum absolute atomic E-state index is 0.0915. The summed E-state index contributed by atoms with van der Waals surface area (Å²) in [4.78, 5) is 25.9. The van der Waals surface area contributed by atoms with E-state index < -0.39 is 37.5 Å². The van der Waals surface area contributed by atoms with Gasteiger partial charge in [-0.25, -0.2) is 8.78 Å². The van der Waals surface area contributed by atoms with Crippen molar-refractivity contribution in [2.75, 3.05) is 5.88 Å². The van der Waals surface area contributed by atoms with Gasteiger partial charge in [0.15, 0.2) is 20.4 Å². The molecule has 1 aliphatic heterocycles. The summed E-state index contributed by atoms with van der Waals surface area (Å²) in [6, 6.07) is 5.90. The normalized spacial score (nSPS) is 21.7. The lowest BCUT2D eigenvalue weighted by molar-refractivity contribution is -0.133. The molecule has 0 radical (unpaired) electrons. The van der Waals surface area contributed by atoms with E-state index in [1.165, 1.54) is 11.0 Å². The first-order valence-electron chi connectivity index (χ1n) is 8.46. The molecular formula is C18H21ClF2N2O3Si. The fraction of sp³-hybridized carbons (Fsp3) is 0.500. The van der Waals surface area contributed by atoms with E-state index >= 15 is 0 Å². The van der Waals surface area contributed by atoms with E-state index in [0.29, 0.717) is 5.56 Å². The summed E-state index contributed by atoms with van der Waals surface area (Å²) in [5.74, 6) is -2.89. The highest BCUT2D eigenvalue weighted by Gasteiger charge is 2.55. The first-order chi connectivity index (χ1) is 12.5. The van der Waals surface area contributed by atoms with Crippen molar-refractivity contribution < 1.29 is 23.1 Å². The number of rotatable bonds is 5. The van der Waals surface area contributed by atoms with Crippen molar-refractivity contribution in [2.24, 2.45) is 0 Å². The van der Waals surface area contributed by atoms with E-state index in [9.17, 15) is 23.6 Å². The zero-order valence-electron chi connectivity index (χ0n) is 15.4. The number of hydrogen-bond acceptors (Lipinski definition) is 4. The molecule has 27 heavy (non-hydrogen) atoms. The van der Waals surface area contributed by atoms with Crippen LogP contribution in [0.2, 0.25) is 12.1 Å². The van der Waals surface area contributed by atoms with Gasteiger partial charge in [-0.2, -0.15) is 5.26 Å². The summed E-state index contributed by atoms with van der Waals surface area (Å²) >= 11 is 5.68. The predicted octanol–water partition coefficient (Wildman–Crippen LogP) is 3.55. The van der Waals surface area contributed by atoms with Gasteiger partial charge in [-0.1, -0.05) is 6.07 Å². The van der Waals surface area contributed by atoms with Gasteiger partial charge in [-0.05, 0) is 50.6 Å². The third-order valence-corrected chi connectivity index (χ3v) is 7.72. The summed E-state index contributed by atoms with van der Waals surface area (Å²) in [5, 5.41) is 9.71. The maximum absolute atomic E-state index is 13.5. The molecule has 0 spiro atoms. The highest BCUT2D eigenvalue weighted by atomic mass is 35.5. The highest BCUT2D eigenvalue weighted by molar-refractivity contribution is 6.91.